The topological polar surface area (TPSA) is 75.9 Å². The van der Waals surface area contributed by atoms with E-state index in [9.17, 15) is 14.0 Å². The zero-order valence-electron chi connectivity index (χ0n) is 15.3. The van der Waals surface area contributed by atoms with Gasteiger partial charge in [-0.2, -0.15) is 0 Å². The van der Waals surface area contributed by atoms with Crippen molar-refractivity contribution in [3.63, 3.8) is 0 Å². The maximum absolute atomic E-state index is 13.0. The summed E-state index contributed by atoms with van der Waals surface area (Å²) in [4.78, 5) is 28.8. The Balaban J connectivity index is 0.00000261. The summed E-state index contributed by atoms with van der Waals surface area (Å²) in [5.41, 5.74) is 6.67. The second kappa shape index (κ2) is 10.0. The van der Waals surface area contributed by atoms with E-state index >= 15 is 0 Å². The molecule has 1 aromatic carbocycles. The molecule has 2 amide bonds. The molecule has 27 heavy (non-hydrogen) atoms. The third-order valence-corrected chi connectivity index (χ3v) is 5.24. The quantitative estimate of drug-likeness (QED) is 0.839. The summed E-state index contributed by atoms with van der Waals surface area (Å²) < 4.78 is 18.4. The molecule has 150 valence electrons. The molecule has 2 aliphatic rings. The van der Waals surface area contributed by atoms with Gasteiger partial charge in [0.05, 0.1) is 6.04 Å². The number of carbonyl (C=O) groups excluding carboxylic acids is 2. The normalized spacial score (nSPS) is 19.8. The number of benzene rings is 1. The number of carbonyl (C=O) groups is 2. The van der Waals surface area contributed by atoms with Crippen molar-refractivity contribution in [2.45, 2.75) is 25.3 Å². The average Bonchev–Trinajstić information content (AvgIpc) is 2.94. The number of nitrogens with zero attached hydrogens (tertiary/aromatic N) is 2. The minimum absolute atomic E-state index is 0. The van der Waals surface area contributed by atoms with Crippen LogP contribution in [0.4, 0.5) is 4.39 Å². The molecule has 2 saturated heterocycles. The van der Waals surface area contributed by atoms with Gasteiger partial charge in [-0.3, -0.25) is 9.59 Å². The molecule has 3 rings (SSSR count). The van der Waals surface area contributed by atoms with Gasteiger partial charge in [0, 0.05) is 45.0 Å². The van der Waals surface area contributed by atoms with Gasteiger partial charge in [-0.05, 0) is 49.4 Å². The predicted molar refractivity (Wildman–Crippen MR) is 102 cm³/mol. The van der Waals surface area contributed by atoms with Crippen LogP contribution in [0.3, 0.4) is 0 Å². The average molecular weight is 400 g/mol. The number of rotatable bonds is 3. The molecule has 0 aliphatic carbocycles. The lowest BCUT2D eigenvalue weighted by Crippen LogP contribution is -2.50. The first kappa shape index (κ1) is 21.6. The van der Waals surface area contributed by atoms with Crippen molar-refractivity contribution in [2.75, 3.05) is 39.4 Å². The van der Waals surface area contributed by atoms with Crippen molar-refractivity contribution in [3.05, 3.63) is 35.6 Å². The Hall–Kier alpha value is -1.70. The predicted octanol–water partition coefficient (Wildman–Crippen LogP) is 1.68. The lowest BCUT2D eigenvalue weighted by molar-refractivity contribution is -0.134. The first-order valence-corrected chi connectivity index (χ1v) is 9.23. The Kier molecular flexibility index (Phi) is 8.01. The summed E-state index contributed by atoms with van der Waals surface area (Å²) in [7, 11) is 0. The Morgan fingerprint density at radius 1 is 1.04 bits per heavy atom. The molecule has 2 N–H and O–H groups in total. The van der Waals surface area contributed by atoms with Gasteiger partial charge < -0.3 is 20.3 Å². The van der Waals surface area contributed by atoms with Crippen LogP contribution >= 0.6 is 12.4 Å². The number of hydrogen-bond acceptors (Lipinski definition) is 4. The van der Waals surface area contributed by atoms with Gasteiger partial charge in [0.2, 0.25) is 5.91 Å². The summed E-state index contributed by atoms with van der Waals surface area (Å²) in [6.07, 6.45) is 2.34. The zero-order chi connectivity index (χ0) is 18.5. The lowest BCUT2D eigenvalue weighted by Gasteiger charge is -2.31. The Morgan fingerprint density at radius 2 is 1.63 bits per heavy atom. The van der Waals surface area contributed by atoms with Crippen LogP contribution in [0.1, 0.15) is 29.6 Å². The lowest BCUT2D eigenvalue weighted by atomic mass is 9.91. The summed E-state index contributed by atoms with van der Waals surface area (Å²) in [5, 5.41) is 0. The highest BCUT2D eigenvalue weighted by Crippen LogP contribution is 2.20. The minimum atomic E-state index is -0.502. The standard InChI is InChI=1S/C19H26FN3O3.ClH/c20-16-4-2-15(3-5-16)18(24)22-8-1-9-23(11-10-22)19(25)17(21)14-6-12-26-13-7-14;/h2-5,14,17H,1,6-13,21H2;1H. The smallest absolute Gasteiger partial charge is 0.253 e. The molecule has 1 atom stereocenters. The van der Waals surface area contributed by atoms with E-state index in [-0.39, 0.29) is 36.0 Å². The highest BCUT2D eigenvalue weighted by molar-refractivity contribution is 5.94. The van der Waals surface area contributed by atoms with Crippen LogP contribution in [-0.2, 0) is 9.53 Å². The molecule has 6 nitrogen and oxygen atoms in total. The van der Waals surface area contributed by atoms with Crippen LogP contribution in [0.2, 0.25) is 0 Å². The van der Waals surface area contributed by atoms with E-state index in [0.717, 1.165) is 12.8 Å². The van der Waals surface area contributed by atoms with E-state index in [0.29, 0.717) is 51.4 Å². The SMILES string of the molecule is Cl.NC(C(=O)N1CCCN(C(=O)c2ccc(F)cc2)CC1)C1CCOCC1. The largest absolute Gasteiger partial charge is 0.381 e. The number of hydrogen-bond donors (Lipinski definition) is 1. The van der Waals surface area contributed by atoms with E-state index in [1.54, 1.807) is 9.80 Å². The van der Waals surface area contributed by atoms with Crippen LogP contribution < -0.4 is 5.73 Å². The Morgan fingerprint density at radius 3 is 2.30 bits per heavy atom. The van der Waals surface area contributed by atoms with Gasteiger partial charge in [0.15, 0.2) is 0 Å². The highest BCUT2D eigenvalue weighted by Gasteiger charge is 2.31. The van der Waals surface area contributed by atoms with Gasteiger partial charge in [-0.1, -0.05) is 0 Å². The molecule has 0 spiro atoms. The van der Waals surface area contributed by atoms with Crippen LogP contribution in [0.5, 0.6) is 0 Å². The van der Waals surface area contributed by atoms with Gasteiger partial charge in [-0.25, -0.2) is 4.39 Å². The van der Waals surface area contributed by atoms with Gasteiger partial charge >= 0.3 is 0 Å². The molecule has 0 radical (unpaired) electrons. The third-order valence-electron chi connectivity index (χ3n) is 5.24. The fraction of sp³-hybridized carbons (Fsp3) is 0.579. The second-order valence-corrected chi connectivity index (χ2v) is 6.95. The molecule has 1 aromatic rings. The van der Waals surface area contributed by atoms with Crippen LogP contribution in [0, 0.1) is 11.7 Å². The fourth-order valence-electron chi connectivity index (χ4n) is 3.60. The van der Waals surface area contributed by atoms with E-state index in [4.69, 9.17) is 10.5 Å². The van der Waals surface area contributed by atoms with Gasteiger partial charge in [0.1, 0.15) is 5.82 Å². The Labute approximate surface area is 165 Å². The number of ether oxygens (including phenoxy) is 1. The second-order valence-electron chi connectivity index (χ2n) is 6.95. The molecule has 2 heterocycles. The van der Waals surface area contributed by atoms with Crippen molar-refractivity contribution >= 4 is 24.2 Å². The molecule has 8 heteroatoms. The maximum atomic E-state index is 13.0. The molecular formula is C19H27ClFN3O3. The minimum Gasteiger partial charge on any atom is -0.381 e. The first-order chi connectivity index (χ1) is 12.6. The number of nitrogens with two attached hydrogens (primary N) is 1. The summed E-state index contributed by atoms with van der Waals surface area (Å²) in [5.74, 6) is -0.367. The molecule has 2 fully saturated rings. The zero-order valence-corrected chi connectivity index (χ0v) is 16.1. The monoisotopic (exact) mass is 399 g/mol. The summed E-state index contributed by atoms with van der Waals surface area (Å²) in [6.45, 7) is 3.43. The molecule has 2 aliphatic heterocycles. The van der Waals surface area contributed by atoms with Crippen molar-refractivity contribution in [1.82, 2.24) is 9.80 Å². The van der Waals surface area contributed by atoms with Crippen LogP contribution in [0.25, 0.3) is 0 Å². The van der Waals surface area contributed by atoms with Crippen molar-refractivity contribution in [1.29, 1.82) is 0 Å². The fourth-order valence-corrected chi connectivity index (χ4v) is 3.60. The van der Waals surface area contributed by atoms with E-state index in [1.807, 2.05) is 0 Å². The highest BCUT2D eigenvalue weighted by atomic mass is 35.5. The molecule has 0 bridgehead atoms. The van der Waals surface area contributed by atoms with Crippen LogP contribution in [-0.4, -0.2) is 67.0 Å². The number of halogens is 2. The summed E-state index contributed by atoms with van der Waals surface area (Å²) >= 11 is 0. The van der Waals surface area contributed by atoms with E-state index in [2.05, 4.69) is 0 Å². The molecular weight excluding hydrogens is 373 g/mol. The van der Waals surface area contributed by atoms with Crippen molar-refractivity contribution in [3.8, 4) is 0 Å². The van der Waals surface area contributed by atoms with Gasteiger partial charge in [0.25, 0.3) is 5.91 Å². The first-order valence-electron chi connectivity index (χ1n) is 9.23. The van der Waals surface area contributed by atoms with Crippen LogP contribution in [0.15, 0.2) is 24.3 Å². The third kappa shape index (κ3) is 5.40. The number of amides is 2. The molecule has 0 aromatic heterocycles. The van der Waals surface area contributed by atoms with Crippen molar-refractivity contribution < 1.29 is 18.7 Å². The van der Waals surface area contributed by atoms with Gasteiger partial charge in [-0.15, -0.1) is 12.4 Å². The van der Waals surface area contributed by atoms with E-state index in [1.165, 1.54) is 24.3 Å². The molecule has 1 unspecified atom stereocenters. The molecule has 0 saturated carbocycles. The summed E-state index contributed by atoms with van der Waals surface area (Å²) in [6, 6.07) is 5.05. The van der Waals surface area contributed by atoms with Crippen molar-refractivity contribution in [2.24, 2.45) is 11.7 Å². The maximum Gasteiger partial charge on any atom is 0.253 e. The Bertz CT molecular complexity index is 638. The van der Waals surface area contributed by atoms with E-state index < -0.39 is 6.04 Å².